The molecule has 0 bridgehead atoms. The van der Waals surface area contributed by atoms with Gasteiger partial charge in [-0.15, -0.1) is 12.4 Å². The first-order chi connectivity index (χ1) is 13.4. The molecule has 0 spiro atoms. The predicted molar refractivity (Wildman–Crippen MR) is 106 cm³/mol. The van der Waals surface area contributed by atoms with E-state index in [1.54, 1.807) is 18.2 Å². The fourth-order valence-electron chi connectivity index (χ4n) is 3.11. The minimum atomic E-state index is -3.03. The number of rotatable bonds is 5. The molecule has 0 aliphatic carbocycles. The number of aromatic nitrogens is 1. The molecule has 2 amide bonds. The van der Waals surface area contributed by atoms with Crippen LogP contribution < -0.4 is 15.8 Å². The molecular formula is C19H21ClF2N4O3. The minimum Gasteiger partial charge on any atom is -0.434 e. The predicted octanol–water partition coefficient (Wildman–Crippen LogP) is 3.18. The van der Waals surface area contributed by atoms with Gasteiger partial charge in [-0.25, -0.2) is 4.98 Å². The van der Waals surface area contributed by atoms with E-state index in [-0.39, 0.29) is 36.2 Å². The van der Waals surface area contributed by atoms with Gasteiger partial charge in [0.2, 0.25) is 5.91 Å². The summed E-state index contributed by atoms with van der Waals surface area (Å²) >= 11 is 0. The normalized spacial score (nSPS) is 16.1. The van der Waals surface area contributed by atoms with E-state index in [1.165, 1.54) is 29.3 Å². The van der Waals surface area contributed by atoms with E-state index in [0.29, 0.717) is 30.9 Å². The van der Waals surface area contributed by atoms with Crippen LogP contribution in [0.3, 0.4) is 0 Å². The van der Waals surface area contributed by atoms with Crippen LogP contribution in [-0.4, -0.2) is 41.4 Å². The number of piperidine rings is 1. The van der Waals surface area contributed by atoms with E-state index in [1.807, 2.05) is 0 Å². The number of pyridine rings is 1. The number of halogens is 3. The molecule has 2 heterocycles. The van der Waals surface area contributed by atoms with Crippen LogP contribution in [0.25, 0.3) is 0 Å². The summed E-state index contributed by atoms with van der Waals surface area (Å²) in [6.07, 6.45) is 2.70. The molecular weight excluding hydrogens is 406 g/mol. The first-order valence-electron chi connectivity index (χ1n) is 8.79. The van der Waals surface area contributed by atoms with Crippen LogP contribution in [-0.2, 0) is 4.79 Å². The highest BCUT2D eigenvalue weighted by molar-refractivity contribution is 5.98. The minimum absolute atomic E-state index is 0. The first kappa shape index (κ1) is 22.4. The van der Waals surface area contributed by atoms with Crippen molar-refractivity contribution in [3.8, 4) is 5.75 Å². The number of nitrogen functional groups attached to an aromatic ring is 1. The van der Waals surface area contributed by atoms with Crippen LogP contribution in [0.2, 0.25) is 0 Å². The summed E-state index contributed by atoms with van der Waals surface area (Å²) in [5.74, 6) is -0.929. The van der Waals surface area contributed by atoms with Gasteiger partial charge in [0.05, 0.1) is 23.4 Å². The topological polar surface area (TPSA) is 97.6 Å². The van der Waals surface area contributed by atoms with Crippen LogP contribution in [0.5, 0.6) is 5.75 Å². The summed E-state index contributed by atoms with van der Waals surface area (Å²) in [5, 5.41) is 2.76. The van der Waals surface area contributed by atoms with Gasteiger partial charge in [0.15, 0.2) is 0 Å². The van der Waals surface area contributed by atoms with Crippen molar-refractivity contribution in [2.75, 3.05) is 24.1 Å². The molecule has 1 aliphatic rings. The lowest BCUT2D eigenvalue weighted by molar-refractivity contribution is -0.121. The molecule has 0 saturated carbocycles. The van der Waals surface area contributed by atoms with Crippen molar-refractivity contribution in [2.24, 2.45) is 5.92 Å². The Labute approximate surface area is 172 Å². The molecule has 3 N–H and O–H groups in total. The molecule has 1 atom stereocenters. The number of nitrogens with zero attached hydrogens (tertiary/aromatic N) is 2. The van der Waals surface area contributed by atoms with Crippen molar-refractivity contribution in [3.05, 3.63) is 48.2 Å². The average Bonchev–Trinajstić information content (AvgIpc) is 2.69. The van der Waals surface area contributed by atoms with Gasteiger partial charge in [0, 0.05) is 13.1 Å². The number of carbonyl (C=O) groups excluding carboxylic acids is 2. The van der Waals surface area contributed by atoms with Crippen LogP contribution >= 0.6 is 12.4 Å². The summed E-state index contributed by atoms with van der Waals surface area (Å²) in [6, 6.07) is 9.07. The van der Waals surface area contributed by atoms with Gasteiger partial charge in [0.1, 0.15) is 11.6 Å². The third-order valence-electron chi connectivity index (χ3n) is 4.47. The molecule has 10 heteroatoms. The van der Waals surface area contributed by atoms with E-state index >= 15 is 0 Å². The SMILES string of the molecule is Cl.Nc1ccc(NC(=O)C2CCCN(C(=O)c3ccccc3OC(F)F)C2)cn1. The Morgan fingerprint density at radius 3 is 2.69 bits per heavy atom. The van der Waals surface area contributed by atoms with E-state index < -0.39 is 18.4 Å². The fraction of sp³-hybridized carbons (Fsp3) is 0.316. The maximum Gasteiger partial charge on any atom is 0.387 e. The lowest BCUT2D eigenvalue weighted by Gasteiger charge is -2.32. The zero-order valence-electron chi connectivity index (χ0n) is 15.4. The second-order valence-electron chi connectivity index (χ2n) is 6.43. The molecule has 7 nitrogen and oxygen atoms in total. The zero-order valence-corrected chi connectivity index (χ0v) is 16.2. The Morgan fingerprint density at radius 1 is 1.24 bits per heavy atom. The van der Waals surface area contributed by atoms with Crippen molar-refractivity contribution in [1.29, 1.82) is 0 Å². The number of ether oxygens (including phenoxy) is 1. The summed E-state index contributed by atoms with van der Waals surface area (Å²) in [5.41, 5.74) is 6.08. The molecule has 3 rings (SSSR count). The van der Waals surface area contributed by atoms with Crippen molar-refractivity contribution in [1.82, 2.24) is 9.88 Å². The highest BCUT2D eigenvalue weighted by Gasteiger charge is 2.30. The molecule has 156 valence electrons. The number of likely N-dealkylation sites (tertiary alicyclic amines) is 1. The number of hydrogen-bond donors (Lipinski definition) is 2. The number of nitrogens with one attached hydrogen (secondary N) is 1. The Morgan fingerprint density at radius 2 is 2.00 bits per heavy atom. The molecule has 2 aromatic rings. The second kappa shape index (κ2) is 10.0. The van der Waals surface area contributed by atoms with Gasteiger partial charge >= 0.3 is 6.61 Å². The smallest absolute Gasteiger partial charge is 0.387 e. The molecule has 0 radical (unpaired) electrons. The molecule has 1 saturated heterocycles. The van der Waals surface area contributed by atoms with Gasteiger partial charge in [0.25, 0.3) is 5.91 Å². The molecule has 1 aromatic carbocycles. The maximum atomic E-state index is 12.8. The summed E-state index contributed by atoms with van der Waals surface area (Å²) in [4.78, 5) is 30.8. The number of nitrogens with two attached hydrogens (primary N) is 1. The van der Waals surface area contributed by atoms with Gasteiger partial charge in [-0.1, -0.05) is 12.1 Å². The average molecular weight is 427 g/mol. The van der Waals surface area contributed by atoms with Crippen molar-refractivity contribution >= 4 is 35.7 Å². The number of carbonyl (C=O) groups is 2. The number of benzene rings is 1. The third-order valence-corrected chi connectivity index (χ3v) is 4.47. The lowest BCUT2D eigenvalue weighted by atomic mass is 9.96. The fourth-order valence-corrected chi connectivity index (χ4v) is 3.11. The molecule has 1 unspecified atom stereocenters. The quantitative estimate of drug-likeness (QED) is 0.765. The summed E-state index contributed by atoms with van der Waals surface area (Å²) in [6.45, 7) is -2.40. The standard InChI is InChI=1S/C19H20F2N4O3.ClH/c20-19(21)28-15-6-2-1-5-14(15)18(27)25-9-3-4-12(11-25)17(26)24-13-7-8-16(22)23-10-13;/h1-2,5-8,10,12,19H,3-4,9,11H2,(H2,22,23)(H,24,26);1H. The van der Waals surface area contributed by atoms with E-state index in [0.717, 1.165) is 0 Å². The van der Waals surface area contributed by atoms with Crippen molar-refractivity contribution in [2.45, 2.75) is 19.5 Å². The van der Waals surface area contributed by atoms with Crippen molar-refractivity contribution in [3.63, 3.8) is 0 Å². The van der Waals surface area contributed by atoms with Crippen LogP contribution in [0, 0.1) is 5.92 Å². The van der Waals surface area contributed by atoms with E-state index in [4.69, 9.17) is 5.73 Å². The Balaban J connectivity index is 0.00000300. The highest BCUT2D eigenvalue weighted by atomic mass is 35.5. The largest absolute Gasteiger partial charge is 0.434 e. The third kappa shape index (κ3) is 5.77. The van der Waals surface area contributed by atoms with Crippen molar-refractivity contribution < 1.29 is 23.1 Å². The van der Waals surface area contributed by atoms with E-state index in [2.05, 4.69) is 15.0 Å². The Bertz CT molecular complexity index is 852. The van der Waals surface area contributed by atoms with Gasteiger partial charge in [-0.05, 0) is 37.1 Å². The Kier molecular flexibility index (Phi) is 7.72. The van der Waals surface area contributed by atoms with Gasteiger partial charge in [-0.3, -0.25) is 9.59 Å². The van der Waals surface area contributed by atoms with Gasteiger partial charge < -0.3 is 20.7 Å². The molecule has 1 fully saturated rings. The maximum absolute atomic E-state index is 12.8. The number of anilines is 2. The zero-order chi connectivity index (χ0) is 20.1. The number of alkyl halides is 2. The van der Waals surface area contributed by atoms with Crippen LogP contribution in [0.1, 0.15) is 23.2 Å². The number of para-hydroxylation sites is 1. The van der Waals surface area contributed by atoms with Crippen LogP contribution in [0.15, 0.2) is 42.6 Å². The monoisotopic (exact) mass is 426 g/mol. The number of hydrogen-bond acceptors (Lipinski definition) is 5. The molecule has 29 heavy (non-hydrogen) atoms. The summed E-state index contributed by atoms with van der Waals surface area (Å²) in [7, 11) is 0. The number of amides is 2. The second-order valence-corrected chi connectivity index (χ2v) is 6.43. The Hall–Kier alpha value is -2.94. The molecule has 1 aromatic heterocycles. The molecule has 1 aliphatic heterocycles. The van der Waals surface area contributed by atoms with E-state index in [9.17, 15) is 18.4 Å². The highest BCUT2D eigenvalue weighted by Crippen LogP contribution is 2.25. The summed E-state index contributed by atoms with van der Waals surface area (Å²) < 4.78 is 29.6. The van der Waals surface area contributed by atoms with Crippen LogP contribution in [0.4, 0.5) is 20.3 Å². The lowest BCUT2D eigenvalue weighted by Crippen LogP contribution is -2.43. The first-order valence-corrected chi connectivity index (χ1v) is 8.79. The van der Waals surface area contributed by atoms with Gasteiger partial charge in [-0.2, -0.15) is 8.78 Å².